The lowest BCUT2D eigenvalue weighted by atomic mass is 10.1. The van der Waals surface area contributed by atoms with Gasteiger partial charge in [0.05, 0.1) is 19.1 Å². The Morgan fingerprint density at radius 2 is 2.19 bits per heavy atom. The van der Waals surface area contributed by atoms with E-state index in [1.165, 1.54) is 12.8 Å². The first-order valence-electron chi connectivity index (χ1n) is 7.79. The molecule has 1 aliphatic rings. The molecule has 0 aromatic heterocycles. The van der Waals surface area contributed by atoms with Crippen LogP contribution in [-0.2, 0) is 9.53 Å². The Hall–Kier alpha value is -1.55. The third-order valence-corrected chi connectivity index (χ3v) is 3.80. The van der Waals surface area contributed by atoms with Gasteiger partial charge in [-0.2, -0.15) is 0 Å². The second kappa shape index (κ2) is 8.67. The number of benzene rings is 1. The second-order valence-electron chi connectivity index (χ2n) is 5.50. The first-order chi connectivity index (χ1) is 10.3. The third-order valence-electron chi connectivity index (χ3n) is 3.80. The smallest absolute Gasteiger partial charge is 0.225 e. The SMILES string of the molecule is CN(CCC[C@@H]1CCCO1)C(=O)CCOc1ccccc1. The van der Waals surface area contributed by atoms with Crippen molar-refractivity contribution < 1.29 is 14.3 Å². The van der Waals surface area contributed by atoms with Crippen LogP contribution in [0.25, 0.3) is 0 Å². The molecule has 1 aromatic rings. The van der Waals surface area contributed by atoms with Crippen LogP contribution in [0.1, 0.15) is 32.1 Å². The van der Waals surface area contributed by atoms with Crippen molar-refractivity contribution in [1.82, 2.24) is 4.90 Å². The standard InChI is InChI=1S/C17H25NO3/c1-18(12-5-9-16-10-6-13-20-16)17(19)11-14-21-15-7-3-2-4-8-15/h2-4,7-8,16H,5-6,9-14H2,1H3/t16-/m1/s1. The van der Waals surface area contributed by atoms with E-state index in [4.69, 9.17) is 9.47 Å². The van der Waals surface area contributed by atoms with Crippen LogP contribution in [0.5, 0.6) is 5.75 Å². The van der Waals surface area contributed by atoms with Gasteiger partial charge < -0.3 is 14.4 Å². The maximum Gasteiger partial charge on any atom is 0.225 e. The van der Waals surface area contributed by atoms with Crippen molar-refractivity contribution in [2.75, 3.05) is 26.8 Å². The Morgan fingerprint density at radius 1 is 1.38 bits per heavy atom. The molecule has 21 heavy (non-hydrogen) atoms. The number of rotatable bonds is 8. The van der Waals surface area contributed by atoms with Gasteiger partial charge in [0.1, 0.15) is 5.75 Å². The van der Waals surface area contributed by atoms with Crippen molar-refractivity contribution in [3.63, 3.8) is 0 Å². The van der Waals surface area contributed by atoms with Gasteiger partial charge in [0.2, 0.25) is 5.91 Å². The Bertz CT molecular complexity index is 415. The maximum atomic E-state index is 12.0. The molecular weight excluding hydrogens is 266 g/mol. The molecule has 0 spiro atoms. The summed E-state index contributed by atoms with van der Waals surface area (Å²) in [5, 5.41) is 0. The Balaban J connectivity index is 1.56. The summed E-state index contributed by atoms with van der Waals surface area (Å²) in [6, 6.07) is 9.59. The molecule has 116 valence electrons. The highest BCUT2D eigenvalue weighted by Gasteiger charge is 2.16. The van der Waals surface area contributed by atoms with Crippen LogP contribution in [-0.4, -0.2) is 43.7 Å². The molecule has 0 bridgehead atoms. The molecule has 0 aliphatic carbocycles. The summed E-state index contributed by atoms with van der Waals surface area (Å²) in [6.45, 7) is 2.12. The van der Waals surface area contributed by atoms with Gasteiger partial charge in [-0.05, 0) is 37.8 Å². The van der Waals surface area contributed by atoms with E-state index in [2.05, 4.69) is 0 Å². The van der Waals surface area contributed by atoms with Gasteiger partial charge in [-0.25, -0.2) is 0 Å². The van der Waals surface area contributed by atoms with Crippen LogP contribution < -0.4 is 4.74 Å². The van der Waals surface area contributed by atoms with Crippen molar-refractivity contribution in [3.8, 4) is 5.75 Å². The van der Waals surface area contributed by atoms with Crippen molar-refractivity contribution in [1.29, 1.82) is 0 Å². The highest BCUT2D eigenvalue weighted by atomic mass is 16.5. The van der Waals surface area contributed by atoms with Crippen molar-refractivity contribution >= 4 is 5.91 Å². The van der Waals surface area contributed by atoms with Gasteiger partial charge in [-0.1, -0.05) is 18.2 Å². The number of amides is 1. The predicted octanol–water partition coefficient (Wildman–Crippen LogP) is 2.87. The zero-order chi connectivity index (χ0) is 14.9. The number of carbonyl (C=O) groups excluding carboxylic acids is 1. The molecule has 0 N–H and O–H groups in total. The second-order valence-corrected chi connectivity index (χ2v) is 5.50. The molecule has 4 heteroatoms. The fourth-order valence-corrected chi connectivity index (χ4v) is 2.52. The van der Waals surface area contributed by atoms with Gasteiger partial charge in [0.25, 0.3) is 0 Å². The van der Waals surface area contributed by atoms with E-state index in [0.29, 0.717) is 19.1 Å². The summed E-state index contributed by atoms with van der Waals surface area (Å²) in [6.07, 6.45) is 5.24. The molecular formula is C17H25NO3. The van der Waals surface area contributed by atoms with Crippen LogP contribution in [0.2, 0.25) is 0 Å². The minimum Gasteiger partial charge on any atom is -0.493 e. The van der Waals surface area contributed by atoms with E-state index in [9.17, 15) is 4.79 Å². The topological polar surface area (TPSA) is 38.8 Å². The minimum absolute atomic E-state index is 0.137. The van der Waals surface area contributed by atoms with E-state index in [-0.39, 0.29) is 5.91 Å². The Labute approximate surface area is 127 Å². The molecule has 1 heterocycles. The van der Waals surface area contributed by atoms with E-state index in [0.717, 1.165) is 31.7 Å². The summed E-state index contributed by atoms with van der Waals surface area (Å²) in [5.74, 6) is 0.949. The summed E-state index contributed by atoms with van der Waals surface area (Å²) >= 11 is 0. The Kier molecular flexibility index (Phi) is 6.54. The predicted molar refractivity (Wildman–Crippen MR) is 82.4 cm³/mol. The quantitative estimate of drug-likeness (QED) is 0.739. The average Bonchev–Trinajstić information content (AvgIpc) is 3.01. The first-order valence-corrected chi connectivity index (χ1v) is 7.79. The monoisotopic (exact) mass is 291 g/mol. The molecule has 1 saturated heterocycles. The Morgan fingerprint density at radius 3 is 2.90 bits per heavy atom. The molecule has 1 aromatic carbocycles. The van der Waals surface area contributed by atoms with Crippen LogP contribution in [0.15, 0.2) is 30.3 Å². The average molecular weight is 291 g/mol. The number of carbonyl (C=O) groups is 1. The van der Waals surface area contributed by atoms with Crippen molar-refractivity contribution in [3.05, 3.63) is 30.3 Å². The summed E-state index contributed by atoms with van der Waals surface area (Å²) in [4.78, 5) is 13.8. The van der Waals surface area contributed by atoms with Gasteiger partial charge in [0.15, 0.2) is 0 Å². The van der Waals surface area contributed by atoms with Crippen molar-refractivity contribution in [2.24, 2.45) is 0 Å². The zero-order valence-electron chi connectivity index (χ0n) is 12.8. The normalized spacial score (nSPS) is 17.7. The zero-order valence-corrected chi connectivity index (χ0v) is 12.8. The van der Waals surface area contributed by atoms with Crippen LogP contribution in [0.3, 0.4) is 0 Å². The molecule has 0 radical (unpaired) electrons. The van der Waals surface area contributed by atoms with E-state index < -0.39 is 0 Å². The highest BCUT2D eigenvalue weighted by Crippen LogP contribution is 2.16. The molecule has 1 atom stereocenters. The van der Waals surface area contributed by atoms with E-state index >= 15 is 0 Å². The summed E-state index contributed by atoms with van der Waals surface area (Å²) in [5.41, 5.74) is 0. The number of nitrogens with zero attached hydrogens (tertiary/aromatic N) is 1. The first kappa shape index (κ1) is 15.8. The molecule has 0 saturated carbocycles. The fraction of sp³-hybridized carbons (Fsp3) is 0.588. The lowest BCUT2D eigenvalue weighted by Crippen LogP contribution is -2.29. The number of hydrogen-bond acceptors (Lipinski definition) is 3. The third kappa shape index (κ3) is 5.76. The largest absolute Gasteiger partial charge is 0.493 e. The lowest BCUT2D eigenvalue weighted by molar-refractivity contribution is -0.130. The number of ether oxygens (including phenoxy) is 2. The molecule has 1 amide bonds. The van der Waals surface area contributed by atoms with Crippen LogP contribution in [0.4, 0.5) is 0 Å². The van der Waals surface area contributed by atoms with Gasteiger partial charge in [0, 0.05) is 20.2 Å². The van der Waals surface area contributed by atoms with Crippen LogP contribution >= 0.6 is 0 Å². The minimum atomic E-state index is 0.137. The van der Waals surface area contributed by atoms with Gasteiger partial charge >= 0.3 is 0 Å². The molecule has 0 unspecified atom stereocenters. The molecule has 1 fully saturated rings. The van der Waals surface area contributed by atoms with E-state index in [1.807, 2.05) is 37.4 Å². The fourth-order valence-electron chi connectivity index (χ4n) is 2.52. The number of hydrogen-bond donors (Lipinski definition) is 0. The number of para-hydroxylation sites is 1. The molecule has 4 nitrogen and oxygen atoms in total. The molecule has 1 aliphatic heterocycles. The molecule has 2 rings (SSSR count). The summed E-state index contributed by atoms with van der Waals surface area (Å²) in [7, 11) is 1.86. The van der Waals surface area contributed by atoms with Crippen molar-refractivity contribution in [2.45, 2.75) is 38.2 Å². The highest BCUT2D eigenvalue weighted by molar-refractivity contribution is 5.75. The lowest BCUT2D eigenvalue weighted by Gasteiger charge is -2.18. The maximum absolute atomic E-state index is 12.0. The summed E-state index contributed by atoms with van der Waals surface area (Å²) < 4.78 is 11.1. The van der Waals surface area contributed by atoms with Gasteiger partial charge in [-0.3, -0.25) is 4.79 Å². The van der Waals surface area contributed by atoms with Gasteiger partial charge in [-0.15, -0.1) is 0 Å². The van der Waals surface area contributed by atoms with E-state index in [1.54, 1.807) is 4.90 Å². The van der Waals surface area contributed by atoms with Crippen LogP contribution in [0, 0.1) is 0 Å².